The molecule has 0 aliphatic heterocycles. The summed E-state index contributed by atoms with van der Waals surface area (Å²) in [4.78, 5) is -0.00609. The van der Waals surface area contributed by atoms with Gasteiger partial charge in [0.2, 0.25) is 10.0 Å². The van der Waals surface area contributed by atoms with Gasteiger partial charge in [0.15, 0.2) is 0 Å². The van der Waals surface area contributed by atoms with Gasteiger partial charge < -0.3 is 0 Å². The fraction of sp³-hybridized carbons (Fsp3) is 0.538. The Morgan fingerprint density at radius 2 is 1.76 bits per heavy atom. The molecule has 0 radical (unpaired) electrons. The van der Waals surface area contributed by atoms with Crippen LogP contribution < -0.4 is 0 Å². The zero-order valence-electron chi connectivity index (χ0n) is 12.0. The molecule has 1 rings (SSSR count). The Morgan fingerprint density at radius 3 is 2.24 bits per heavy atom. The molecule has 0 aromatic heterocycles. The van der Waals surface area contributed by atoms with Gasteiger partial charge in [-0.25, -0.2) is 12.7 Å². The molecule has 0 atom stereocenters. The monoisotopic (exact) mass is 343 g/mol. The zero-order chi connectivity index (χ0) is 16.4. The van der Waals surface area contributed by atoms with Crippen LogP contribution in [0.5, 0.6) is 0 Å². The molecule has 0 unspecified atom stereocenters. The number of benzene rings is 1. The van der Waals surface area contributed by atoms with E-state index in [1.165, 1.54) is 6.07 Å². The number of hydrogen-bond acceptors (Lipinski definition) is 2. The van der Waals surface area contributed by atoms with Gasteiger partial charge in [-0.1, -0.05) is 6.07 Å². The minimum Gasteiger partial charge on any atom is -0.207 e. The van der Waals surface area contributed by atoms with Crippen LogP contribution in [0, 0.1) is 13.8 Å². The van der Waals surface area contributed by atoms with Crippen LogP contribution in [-0.2, 0) is 15.9 Å². The van der Waals surface area contributed by atoms with Gasteiger partial charge in [0.05, 0.1) is 11.3 Å². The molecule has 0 saturated carbocycles. The van der Waals surface area contributed by atoms with E-state index in [-0.39, 0.29) is 10.8 Å². The lowest BCUT2D eigenvalue weighted by molar-refractivity contribution is -0.135. The first-order chi connectivity index (χ1) is 9.49. The van der Waals surface area contributed by atoms with Crippen LogP contribution in [0.1, 0.15) is 23.1 Å². The van der Waals surface area contributed by atoms with E-state index >= 15 is 0 Å². The summed E-state index contributed by atoms with van der Waals surface area (Å²) >= 11 is 5.75. The van der Waals surface area contributed by atoms with Crippen molar-refractivity contribution in [2.24, 2.45) is 0 Å². The molecule has 0 N–H and O–H groups in total. The van der Waals surface area contributed by atoms with E-state index in [0.29, 0.717) is 11.1 Å². The molecule has 120 valence electrons. The second-order valence-electron chi connectivity index (χ2n) is 4.87. The van der Waals surface area contributed by atoms with E-state index in [9.17, 15) is 21.6 Å². The van der Waals surface area contributed by atoms with Gasteiger partial charge in [-0.2, -0.15) is 13.2 Å². The molecular formula is C13H17ClF3NO2S. The fourth-order valence-electron chi connectivity index (χ4n) is 1.87. The van der Waals surface area contributed by atoms with Crippen LogP contribution in [0.25, 0.3) is 0 Å². The highest BCUT2D eigenvalue weighted by atomic mass is 35.5. The summed E-state index contributed by atoms with van der Waals surface area (Å²) in [7, 11) is -2.83. The van der Waals surface area contributed by atoms with Crippen molar-refractivity contribution < 1.29 is 21.6 Å². The summed E-state index contributed by atoms with van der Waals surface area (Å²) in [6, 6.07) is 3.10. The Balaban J connectivity index is 3.13. The van der Waals surface area contributed by atoms with Gasteiger partial charge in [-0.15, -0.1) is 11.6 Å². The summed E-state index contributed by atoms with van der Waals surface area (Å²) in [6.45, 7) is 2.79. The summed E-state index contributed by atoms with van der Waals surface area (Å²) in [5.41, 5.74) is 1.98. The number of aryl methyl sites for hydroxylation is 2. The van der Waals surface area contributed by atoms with Gasteiger partial charge in [-0.05, 0) is 36.6 Å². The zero-order valence-corrected chi connectivity index (χ0v) is 13.5. The normalized spacial score (nSPS) is 13.0. The van der Waals surface area contributed by atoms with Crippen LogP contribution in [0.2, 0.25) is 0 Å². The van der Waals surface area contributed by atoms with Gasteiger partial charge in [0.1, 0.15) is 0 Å². The third kappa shape index (κ3) is 4.59. The van der Waals surface area contributed by atoms with Gasteiger partial charge in [0, 0.05) is 19.5 Å². The molecule has 0 heterocycles. The molecule has 0 saturated heterocycles. The summed E-state index contributed by atoms with van der Waals surface area (Å²) < 4.78 is 62.1. The average Bonchev–Trinajstić information content (AvgIpc) is 2.34. The van der Waals surface area contributed by atoms with Gasteiger partial charge in [0.25, 0.3) is 0 Å². The summed E-state index contributed by atoms with van der Waals surface area (Å²) in [6.07, 6.45) is -5.58. The lowest BCUT2D eigenvalue weighted by Crippen LogP contribution is -2.31. The average molecular weight is 344 g/mol. The smallest absolute Gasteiger partial charge is 0.207 e. The molecule has 3 nitrogen and oxygen atoms in total. The molecule has 0 amide bonds. The van der Waals surface area contributed by atoms with E-state index in [2.05, 4.69) is 0 Å². The first kappa shape index (κ1) is 18.3. The number of halogens is 4. The Labute approximate surface area is 127 Å². The van der Waals surface area contributed by atoms with Crippen LogP contribution in [0.4, 0.5) is 13.2 Å². The number of rotatable bonds is 5. The maximum absolute atomic E-state index is 12.4. The first-order valence-corrected chi connectivity index (χ1v) is 8.15. The number of sulfonamides is 1. The first-order valence-electron chi connectivity index (χ1n) is 6.18. The SMILES string of the molecule is Cc1cc(C)c(S(=O)(=O)N(C)CCC(F)(F)F)cc1CCl. The lowest BCUT2D eigenvalue weighted by atomic mass is 10.1. The van der Waals surface area contributed by atoms with Gasteiger partial charge in [-0.3, -0.25) is 0 Å². The number of alkyl halides is 4. The molecule has 0 aliphatic rings. The van der Waals surface area contributed by atoms with Crippen LogP contribution >= 0.6 is 11.6 Å². The van der Waals surface area contributed by atoms with Crippen molar-refractivity contribution in [2.45, 2.75) is 37.2 Å². The van der Waals surface area contributed by atoms with Gasteiger partial charge >= 0.3 is 6.18 Å². The molecule has 8 heteroatoms. The largest absolute Gasteiger partial charge is 0.390 e. The highest BCUT2D eigenvalue weighted by molar-refractivity contribution is 7.89. The molecule has 0 aliphatic carbocycles. The predicted octanol–water partition coefficient (Wildman–Crippen LogP) is 3.62. The quantitative estimate of drug-likeness (QED) is 0.766. The second-order valence-corrected chi connectivity index (χ2v) is 7.15. The third-order valence-electron chi connectivity index (χ3n) is 3.18. The lowest BCUT2D eigenvalue weighted by Gasteiger charge is -2.20. The maximum Gasteiger partial charge on any atom is 0.390 e. The van der Waals surface area contributed by atoms with Crippen molar-refractivity contribution in [3.63, 3.8) is 0 Å². The topological polar surface area (TPSA) is 37.4 Å². The van der Waals surface area contributed by atoms with Crippen molar-refractivity contribution >= 4 is 21.6 Å². The molecule has 21 heavy (non-hydrogen) atoms. The van der Waals surface area contributed by atoms with Crippen molar-refractivity contribution in [1.29, 1.82) is 0 Å². The van der Waals surface area contributed by atoms with E-state index in [1.54, 1.807) is 19.9 Å². The van der Waals surface area contributed by atoms with Crippen LogP contribution in [0.15, 0.2) is 17.0 Å². The molecular weight excluding hydrogens is 327 g/mol. The Bertz CT molecular complexity index is 615. The highest BCUT2D eigenvalue weighted by Crippen LogP contribution is 2.26. The molecule has 0 fully saturated rings. The Morgan fingerprint density at radius 1 is 1.19 bits per heavy atom. The van der Waals surface area contributed by atoms with E-state index in [0.717, 1.165) is 16.9 Å². The van der Waals surface area contributed by atoms with Crippen molar-refractivity contribution in [3.8, 4) is 0 Å². The molecule has 0 bridgehead atoms. The summed E-state index contributed by atoms with van der Waals surface area (Å²) in [5, 5.41) is 0. The minimum atomic E-state index is -4.40. The van der Waals surface area contributed by atoms with Crippen LogP contribution in [0.3, 0.4) is 0 Å². The maximum atomic E-state index is 12.4. The van der Waals surface area contributed by atoms with Crippen molar-refractivity contribution in [2.75, 3.05) is 13.6 Å². The van der Waals surface area contributed by atoms with Crippen molar-refractivity contribution in [3.05, 3.63) is 28.8 Å². The van der Waals surface area contributed by atoms with E-state index in [4.69, 9.17) is 11.6 Å². The predicted molar refractivity (Wildman–Crippen MR) is 76.0 cm³/mol. The minimum absolute atomic E-state index is 0.00609. The Hall–Kier alpha value is -0.790. The molecule has 1 aromatic rings. The molecule has 1 aromatic carbocycles. The molecule has 0 spiro atoms. The number of nitrogens with zero attached hydrogens (tertiary/aromatic N) is 1. The Kier molecular flexibility index (Phi) is 5.69. The standard InChI is InChI=1S/C13H17ClF3NO2S/c1-9-6-10(2)12(7-11(9)8-14)21(19,20)18(3)5-4-13(15,16)17/h6-7H,4-5,8H2,1-3H3. The van der Waals surface area contributed by atoms with Crippen LogP contribution in [-0.4, -0.2) is 32.5 Å². The van der Waals surface area contributed by atoms with E-state index < -0.39 is 29.2 Å². The second kappa shape index (κ2) is 6.54. The highest BCUT2D eigenvalue weighted by Gasteiger charge is 2.31. The summed E-state index contributed by atoms with van der Waals surface area (Å²) in [5.74, 6) is 0.140. The fourth-order valence-corrected chi connectivity index (χ4v) is 3.58. The number of hydrogen-bond donors (Lipinski definition) is 0. The van der Waals surface area contributed by atoms with Crippen molar-refractivity contribution in [1.82, 2.24) is 4.31 Å². The van der Waals surface area contributed by atoms with E-state index in [1.807, 2.05) is 0 Å². The third-order valence-corrected chi connectivity index (χ3v) is 5.46.